The Morgan fingerprint density at radius 2 is 2.20 bits per heavy atom. The number of aliphatic hydroxyl groups is 1. The molecule has 0 bridgehead atoms. The van der Waals surface area contributed by atoms with E-state index in [1.807, 2.05) is 32.0 Å². The molecule has 1 aromatic rings. The fourth-order valence-corrected chi connectivity index (χ4v) is 1.54. The molecule has 0 saturated heterocycles. The molecule has 0 radical (unpaired) electrons. The normalized spacial score (nSPS) is 12.5. The summed E-state index contributed by atoms with van der Waals surface area (Å²) in [6.07, 6.45) is 1.02. The molecule has 0 aromatic heterocycles. The maximum atomic E-state index is 9.92. The molecule has 82 valence electrons. The van der Waals surface area contributed by atoms with Crippen LogP contribution in [0.5, 0.6) is 0 Å². The highest BCUT2D eigenvalue weighted by Crippen LogP contribution is 2.25. The molecular formula is C13H17ClO. The second kappa shape index (κ2) is 5.34. The Balaban J connectivity index is 2.78. The third kappa shape index (κ3) is 3.37. The van der Waals surface area contributed by atoms with Gasteiger partial charge in [0.05, 0.1) is 6.10 Å². The van der Waals surface area contributed by atoms with Crippen molar-refractivity contribution in [3.8, 4) is 0 Å². The van der Waals surface area contributed by atoms with Gasteiger partial charge in [0.25, 0.3) is 0 Å². The lowest BCUT2D eigenvalue weighted by molar-refractivity contribution is 0.177. The third-order valence-corrected chi connectivity index (χ3v) is 2.97. The number of hydrogen-bond acceptors (Lipinski definition) is 1. The zero-order valence-electron chi connectivity index (χ0n) is 9.26. The summed E-state index contributed by atoms with van der Waals surface area (Å²) in [5, 5.41) is 10.6. The minimum absolute atomic E-state index is 0.490. The van der Waals surface area contributed by atoms with Crippen LogP contribution in [0.25, 0.3) is 0 Å². The standard InChI is InChI=1S/C13H17ClO/c1-4-9(2)7-13(15)11-6-5-10(3)12(14)8-11/h5-6,8,13,15H,2,4,7H2,1,3H3. The van der Waals surface area contributed by atoms with Gasteiger partial charge in [0.15, 0.2) is 0 Å². The Hall–Kier alpha value is -0.790. The third-order valence-electron chi connectivity index (χ3n) is 2.56. The van der Waals surface area contributed by atoms with Gasteiger partial charge in [-0.1, -0.05) is 42.8 Å². The van der Waals surface area contributed by atoms with Crippen molar-refractivity contribution in [3.05, 3.63) is 46.5 Å². The van der Waals surface area contributed by atoms with Crippen LogP contribution >= 0.6 is 11.6 Å². The summed E-state index contributed by atoms with van der Waals surface area (Å²) in [4.78, 5) is 0. The van der Waals surface area contributed by atoms with Crippen LogP contribution in [-0.4, -0.2) is 5.11 Å². The quantitative estimate of drug-likeness (QED) is 0.766. The van der Waals surface area contributed by atoms with Gasteiger partial charge >= 0.3 is 0 Å². The number of aryl methyl sites for hydroxylation is 1. The van der Waals surface area contributed by atoms with E-state index >= 15 is 0 Å². The number of hydrogen-bond donors (Lipinski definition) is 1. The van der Waals surface area contributed by atoms with E-state index in [0.29, 0.717) is 11.4 Å². The minimum atomic E-state index is -0.490. The van der Waals surface area contributed by atoms with Crippen molar-refractivity contribution in [1.82, 2.24) is 0 Å². The average Bonchev–Trinajstić information content (AvgIpc) is 2.21. The van der Waals surface area contributed by atoms with Crippen LogP contribution in [0.3, 0.4) is 0 Å². The van der Waals surface area contributed by atoms with Crippen LogP contribution in [0.4, 0.5) is 0 Å². The van der Waals surface area contributed by atoms with Crippen LogP contribution in [-0.2, 0) is 0 Å². The van der Waals surface area contributed by atoms with Gasteiger partial charge in [-0.25, -0.2) is 0 Å². The number of halogens is 1. The maximum Gasteiger partial charge on any atom is 0.0827 e. The first-order valence-electron chi connectivity index (χ1n) is 5.15. The molecule has 0 heterocycles. The van der Waals surface area contributed by atoms with Crippen LogP contribution < -0.4 is 0 Å². The fourth-order valence-electron chi connectivity index (χ4n) is 1.35. The molecule has 0 fully saturated rings. The molecule has 1 rings (SSSR count). The van der Waals surface area contributed by atoms with Crippen molar-refractivity contribution >= 4 is 11.6 Å². The summed E-state index contributed by atoms with van der Waals surface area (Å²) in [6, 6.07) is 5.66. The first kappa shape index (κ1) is 12.3. The highest BCUT2D eigenvalue weighted by atomic mass is 35.5. The molecule has 2 heteroatoms. The molecule has 1 atom stereocenters. The Morgan fingerprint density at radius 1 is 1.53 bits per heavy atom. The summed E-state index contributed by atoms with van der Waals surface area (Å²) in [5.41, 5.74) is 2.95. The topological polar surface area (TPSA) is 20.2 Å². The summed E-state index contributed by atoms with van der Waals surface area (Å²) < 4.78 is 0. The van der Waals surface area contributed by atoms with E-state index in [9.17, 15) is 5.11 Å². The Kier molecular flexibility index (Phi) is 4.37. The van der Waals surface area contributed by atoms with Crippen molar-refractivity contribution in [3.63, 3.8) is 0 Å². The van der Waals surface area contributed by atoms with Gasteiger partial charge < -0.3 is 5.11 Å². The average molecular weight is 225 g/mol. The molecule has 0 saturated carbocycles. The monoisotopic (exact) mass is 224 g/mol. The van der Waals surface area contributed by atoms with E-state index in [2.05, 4.69) is 6.58 Å². The van der Waals surface area contributed by atoms with E-state index in [-0.39, 0.29) is 0 Å². The molecule has 0 amide bonds. The Morgan fingerprint density at radius 3 is 2.73 bits per heavy atom. The molecular weight excluding hydrogens is 208 g/mol. The van der Waals surface area contributed by atoms with E-state index in [4.69, 9.17) is 11.6 Å². The predicted octanol–water partition coefficient (Wildman–Crippen LogP) is 4.04. The second-order valence-electron chi connectivity index (χ2n) is 3.83. The summed E-state index contributed by atoms with van der Waals surface area (Å²) in [5.74, 6) is 0. The van der Waals surface area contributed by atoms with Gasteiger partial charge in [-0.3, -0.25) is 0 Å². The lowest BCUT2D eigenvalue weighted by Gasteiger charge is -2.12. The minimum Gasteiger partial charge on any atom is -0.388 e. The second-order valence-corrected chi connectivity index (χ2v) is 4.24. The van der Waals surface area contributed by atoms with E-state index in [0.717, 1.165) is 23.1 Å². The van der Waals surface area contributed by atoms with Crippen molar-refractivity contribution in [2.45, 2.75) is 32.8 Å². The van der Waals surface area contributed by atoms with Gasteiger partial charge in [0.2, 0.25) is 0 Å². The smallest absolute Gasteiger partial charge is 0.0827 e. The van der Waals surface area contributed by atoms with E-state index in [1.165, 1.54) is 0 Å². The lowest BCUT2D eigenvalue weighted by atomic mass is 10.0. The summed E-state index contributed by atoms with van der Waals surface area (Å²) in [6.45, 7) is 7.87. The molecule has 0 spiro atoms. The van der Waals surface area contributed by atoms with Crippen molar-refractivity contribution in [1.29, 1.82) is 0 Å². The Labute approximate surface area is 96.4 Å². The predicted molar refractivity (Wildman–Crippen MR) is 65.2 cm³/mol. The highest BCUT2D eigenvalue weighted by Gasteiger charge is 2.09. The van der Waals surface area contributed by atoms with Crippen LogP contribution in [0, 0.1) is 6.92 Å². The molecule has 1 nitrogen and oxygen atoms in total. The molecule has 0 aliphatic rings. The SMILES string of the molecule is C=C(CC)CC(O)c1ccc(C)c(Cl)c1. The first-order chi connectivity index (χ1) is 7.04. The zero-order valence-corrected chi connectivity index (χ0v) is 10.0. The Bertz CT molecular complexity index is 358. The summed E-state index contributed by atoms with van der Waals surface area (Å²) >= 11 is 5.99. The van der Waals surface area contributed by atoms with Crippen LogP contribution in [0.15, 0.2) is 30.4 Å². The molecule has 15 heavy (non-hydrogen) atoms. The maximum absolute atomic E-state index is 9.92. The lowest BCUT2D eigenvalue weighted by Crippen LogP contribution is -1.98. The van der Waals surface area contributed by atoms with Crippen LogP contribution in [0.1, 0.15) is 37.0 Å². The highest BCUT2D eigenvalue weighted by molar-refractivity contribution is 6.31. The number of benzene rings is 1. The van der Waals surface area contributed by atoms with Crippen molar-refractivity contribution in [2.75, 3.05) is 0 Å². The van der Waals surface area contributed by atoms with E-state index in [1.54, 1.807) is 0 Å². The van der Waals surface area contributed by atoms with Gasteiger partial charge in [-0.05, 0) is 37.0 Å². The van der Waals surface area contributed by atoms with Gasteiger partial charge in [-0.15, -0.1) is 0 Å². The number of aliphatic hydroxyl groups excluding tert-OH is 1. The molecule has 1 aromatic carbocycles. The largest absolute Gasteiger partial charge is 0.388 e. The number of rotatable bonds is 4. The fraction of sp³-hybridized carbons (Fsp3) is 0.385. The van der Waals surface area contributed by atoms with Gasteiger partial charge in [0, 0.05) is 5.02 Å². The van der Waals surface area contributed by atoms with Crippen LogP contribution in [0.2, 0.25) is 5.02 Å². The van der Waals surface area contributed by atoms with Crippen molar-refractivity contribution < 1.29 is 5.11 Å². The van der Waals surface area contributed by atoms with Gasteiger partial charge in [0.1, 0.15) is 0 Å². The zero-order chi connectivity index (χ0) is 11.4. The van der Waals surface area contributed by atoms with Gasteiger partial charge in [-0.2, -0.15) is 0 Å². The molecule has 1 unspecified atom stereocenters. The first-order valence-corrected chi connectivity index (χ1v) is 5.53. The van der Waals surface area contributed by atoms with E-state index < -0.39 is 6.10 Å². The molecule has 1 N–H and O–H groups in total. The summed E-state index contributed by atoms with van der Waals surface area (Å²) in [7, 11) is 0. The molecule has 0 aliphatic carbocycles. The van der Waals surface area contributed by atoms with Crippen molar-refractivity contribution in [2.24, 2.45) is 0 Å². The molecule has 0 aliphatic heterocycles.